The molecular weight excluding hydrogens is 744 g/mol. The second-order valence-electron chi connectivity index (χ2n) is 14.1. The van der Waals surface area contributed by atoms with E-state index in [1.807, 2.05) is 11.9 Å². The first-order chi connectivity index (χ1) is 26.1. The Bertz CT molecular complexity index is 1970. The minimum Gasteiger partial charge on any atom is -0.464 e. The average Bonchev–Trinajstić information content (AvgIpc) is 3.13. The highest BCUT2D eigenvalue weighted by Crippen LogP contribution is 2.50. The van der Waals surface area contributed by atoms with Crippen molar-refractivity contribution in [2.24, 2.45) is 0 Å². The van der Waals surface area contributed by atoms with Gasteiger partial charge in [-0.1, -0.05) is 44.3 Å². The molecule has 2 aromatic carbocycles. The molecule has 0 spiro atoms. The summed E-state index contributed by atoms with van der Waals surface area (Å²) in [5.74, 6) is -1.19. The number of nitrogen functional groups attached to an aromatic ring is 2. The van der Waals surface area contributed by atoms with Crippen LogP contribution >= 0.6 is 7.60 Å². The number of nitrogens with zero attached hydrogens (tertiary/aromatic N) is 5. The molecule has 0 saturated heterocycles. The number of hydrogen-bond donors (Lipinski definition) is 3. The lowest BCUT2D eigenvalue weighted by Gasteiger charge is -2.23. The van der Waals surface area contributed by atoms with Gasteiger partial charge in [-0.25, -0.2) is 24.1 Å². The Kier molecular flexibility index (Phi) is 15.1. The van der Waals surface area contributed by atoms with Gasteiger partial charge in [0.15, 0.2) is 23.1 Å². The summed E-state index contributed by atoms with van der Waals surface area (Å²) in [4.78, 5) is 57.9. The molecule has 4 aromatic rings. The Morgan fingerprint density at radius 3 is 2.33 bits per heavy atom. The standard InChI is InChI=1S/C37H51N8O8PSi/c1-7-50-35(47)25(2)52-54(49,53-29-13-9-8-10-14-29)21-12-11-15-30(36(48)51-20-22-55(4,5)6)42-34(46)26-16-18-28(19-17-26)45(3)24-27-23-40-33-31(41-27)32(38)43-37(39)44-33/h8-10,13-14,16-19,23,25,30H,7,11-12,15,20-22,24H2,1-6H3,(H,42,46)(H4,38,39,40,43,44)/t25-,30-,54?/m0/s1. The number of anilines is 3. The zero-order valence-corrected chi connectivity index (χ0v) is 34.1. The maximum absolute atomic E-state index is 13.9. The number of fused-ring (bicyclic) bond motifs is 1. The van der Waals surface area contributed by atoms with Crippen molar-refractivity contribution in [3.63, 3.8) is 0 Å². The van der Waals surface area contributed by atoms with Crippen molar-refractivity contribution in [3.8, 4) is 5.75 Å². The van der Waals surface area contributed by atoms with Crippen LogP contribution < -0.4 is 26.2 Å². The second kappa shape index (κ2) is 19.5. The third-order valence-corrected chi connectivity index (χ3v) is 12.0. The minimum absolute atomic E-state index is 0.0175. The fourth-order valence-corrected chi connectivity index (χ4v) is 7.84. The lowest BCUT2D eigenvalue weighted by molar-refractivity contribution is -0.150. The molecule has 0 fully saturated rings. The second-order valence-corrected chi connectivity index (χ2v) is 21.8. The van der Waals surface area contributed by atoms with Gasteiger partial charge in [0, 0.05) is 26.4 Å². The van der Waals surface area contributed by atoms with Gasteiger partial charge in [-0.15, -0.1) is 0 Å². The Morgan fingerprint density at radius 2 is 1.65 bits per heavy atom. The van der Waals surface area contributed by atoms with Crippen LogP contribution in [-0.4, -0.2) is 84.4 Å². The Hall–Kier alpha value is -5.12. The van der Waals surface area contributed by atoms with E-state index < -0.39 is 45.7 Å². The maximum Gasteiger partial charge on any atom is 0.380 e. The van der Waals surface area contributed by atoms with Gasteiger partial charge >= 0.3 is 19.5 Å². The number of rotatable bonds is 20. The number of carbonyl (C=O) groups excluding carboxylic acids is 3. The van der Waals surface area contributed by atoms with Crippen LogP contribution in [0.5, 0.6) is 5.75 Å². The first-order valence-electron chi connectivity index (χ1n) is 18.1. The molecule has 5 N–H and O–H groups in total. The van der Waals surface area contributed by atoms with E-state index in [-0.39, 0.29) is 37.6 Å². The van der Waals surface area contributed by atoms with Crippen LogP contribution in [0.15, 0.2) is 60.8 Å². The van der Waals surface area contributed by atoms with E-state index in [0.717, 1.165) is 11.7 Å². The topological polar surface area (TPSA) is 224 Å². The van der Waals surface area contributed by atoms with Gasteiger partial charge in [0.25, 0.3) is 5.91 Å². The molecule has 0 aliphatic carbocycles. The summed E-state index contributed by atoms with van der Waals surface area (Å²) in [5, 5.41) is 2.83. The van der Waals surface area contributed by atoms with Crippen LogP contribution in [0.25, 0.3) is 11.2 Å². The highest BCUT2D eigenvalue weighted by atomic mass is 31.2. The summed E-state index contributed by atoms with van der Waals surface area (Å²) < 4.78 is 36.0. The van der Waals surface area contributed by atoms with Crippen LogP contribution in [0.3, 0.4) is 0 Å². The fraction of sp³-hybridized carbons (Fsp3) is 0.432. The number of nitrogens with two attached hydrogens (primary N) is 2. The summed E-state index contributed by atoms with van der Waals surface area (Å²) in [7, 11) is -3.48. The van der Waals surface area contributed by atoms with Crippen molar-refractivity contribution in [2.45, 2.75) is 77.5 Å². The van der Waals surface area contributed by atoms with Crippen LogP contribution in [0.4, 0.5) is 17.5 Å². The summed E-state index contributed by atoms with van der Waals surface area (Å²) in [5.41, 5.74) is 14.0. The molecule has 2 heterocycles. The molecule has 1 amide bonds. The summed E-state index contributed by atoms with van der Waals surface area (Å²) in [6, 6.07) is 15.2. The average molecular weight is 795 g/mol. The number of aromatic nitrogens is 4. The number of hydrogen-bond acceptors (Lipinski definition) is 15. The molecule has 0 bridgehead atoms. The number of amides is 1. The van der Waals surface area contributed by atoms with Gasteiger partial charge in [-0.05, 0) is 69.1 Å². The van der Waals surface area contributed by atoms with Crippen molar-refractivity contribution in [1.82, 2.24) is 25.3 Å². The van der Waals surface area contributed by atoms with Crippen LogP contribution in [0, 0.1) is 0 Å². The molecule has 1 unspecified atom stereocenters. The number of unbranched alkanes of at least 4 members (excludes halogenated alkanes) is 1. The first kappa shape index (κ1) is 42.6. The summed E-state index contributed by atoms with van der Waals surface area (Å²) in [6.45, 7) is 10.4. The van der Waals surface area contributed by atoms with E-state index in [1.165, 1.54) is 6.92 Å². The Morgan fingerprint density at radius 1 is 0.945 bits per heavy atom. The smallest absolute Gasteiger partial charge is 0.380 e. The van der Waals surface area contributed by atoms with E-state index in [0.29, 0.717) is 47.6 Å². The van der Waals surface area contributed by atoms with Gasteiger partial charge in [0.05, 0.1) is 37.8 Å². The van der Waals surface area contributed by atoms with Crippen LogP contribution in [0.1, 0.15) is 49.2 Å². The highest BCUT2D eigenvalue weighted by Gasteiger charge is 2.33. The van der Waals surface area contributed by atoms with Crippen molar-refractivity contribution in [2.75, 3.05) is 42.8 Å². The van der Waals surface area contributed by atoms with E-state index in [9.17, 15) is 18.9 Å². The van der Waals surface area contributed by atoms with Gasteiger partial charge in [-0.3, -0.25) is 9.32 Å². The van der Waals surface area contributed by atoms with Gasteiger partial charge in [-0.2, -0.15) is 9.97 Å². The third-order valence-electron chi connectivity index (χ3n) is 8.26. The molecular formula is C37H51N8O8PSi. The number of carbonyl (C=O) groups is 3. The zero-order valence-electron chi connectivity index (χ0n) is 32.2. The third kappa shape index (κ3) is 13.3. The van der Waals surface area contributed by atoms with E-state index >= 15 is 0 Å². The van der Waals surface area contributed by atoms with Crippen LogP contribution in [0.2, 0.25) is 25.7 Å². The molecule has 3 atom stereocenters. The van der Waals surface area contributed by atoms with Crippen molar-refractivity contribution < 1.29 is 37.5 Å². The molecule has 0 saturated carbocycles. The molecule has 2 aromatic heterocycles. The lowest BCUT2D eigenvalue weighted by atomic mass is 10.1. The van der Waals surface area contributed by atoms with Gasteiger partial charge in [0.2, 0.25) is 5.95 Å². The molecule has 296 valence electrons. The highest BCUT2D eigenvalue weighted by molar-refractivity contribution is 7.54. The van der Waals surface area contributed by atoms with E-state index in [2.05, 4.69) is 44.9 Å². The molecule has 55 heavy (non-hydrogen) atoms. The van der Waals surface area contributed by atoms with E-state index in [1.54, 1.807) is 67.7 Å². The summed E-state index contributed by atoms with van der Waals surface area (Å²) in [6.07, 6.45) is 1.26. The number of para-hydroxylation sites is 1. The molecule has 16 nitrogen and oxygen atoms in total. The molecule has 18 heteroatoms. The predicted octanol–water partition coefficient (Wildman–Crippen LogP) is 5.61. The number of esters is 2. The molecule has 0 aliphatic heterocycles. The quantitative estimate of drug-likeness (QED) is 0.0428. The fourth-order valence-electron chi connectivity index (χ4n) is 5.27. The molecule has 4 rings (SSSR count). The minimum atomic E-state index is -3.85. The van der Waals surface area contributed by atoms with Crippen molar-refractivity contribution in [1.29, 1.82) is 0 Å². The number of benzene rings is 2. The lowest BCUT2D eigenvalue weighted by Crippen LogP contribution is -2.42. The molecule has 0 radical (unpaired) electrons. The van der Waals surface area contributed by atoms with Crippen molar-refractivity contribution in [3.05, 3.63) is 72.1 Å². The number of ether oxygens (including phenoxy) is 2. The zero-order chi connectivity index (χ0) is 40.2. The molecule has 0 aliphatic rings. The first-order valence-corrected chi connectivity index (χ1v) is 23.5. The van der Waals surface area contributed by atoms with Gasteiger partial charge in [0.1, 0.15) is 11.8 Å². The van der Waals surface area contributed by atoms with Gasteiger partial charge < -0.3 is 35.7 Å². The Labute approximate surface area is 322 Å². The monoisotopic (exact) mass is 794 g/mol. The normalized spacial score (nSPS) is 13.6. The maximum atomic E-state index is 13.9. The van der Waals surface area contributed by atoms with Crippen LogP contribution in [-0.2, 0) is 34.7 Å². The number of nitrogens with one attached hydrogen (secondary N) is 1. The largest absolute Gasteiger partial charge is 0.464 e. The van der Waals surface area contributed by atoms with Crippen molar-refractivity contribution >= 4 is 62.1 Å². The summed E-state index contributed by atoms with van der Waals surface area (Å²) >= 11 is 0. The predicted molar refractivity (Wildman–Crippen MR) is 213 cm³/mol. The SMILES string of the molecule is CCOC(=O)[C@H](C)OP(=O)(CCCC[C@H](NC(=O)c1ccc(N(C)Cc2cnc3nc(N)nc(N)c3n2)cc1)C(=O)OCC[Si](C)(C)C)Oc1ccccc1. The van der Waals surface area contributed by atoms with E-state index in [4.69, 9.17) is 30.0 Å². The Balaban J connectivity index is 1.41.